The molecule has 0 aliphatic rings. The van der Waals surface area contributed by atoms with Crippen LogP contribution in [0.25, 0.3) is 10.2 Å². The highest BCUT2D eigenvalue weighted by molar-refractivity contribution is 7.90. The Bertz CT molecular complexity index is 1020. The predicted molar refractivity (Wildman–Crippen MR) is 88.0 cm³/mol. The van der Waals surface area contributed by atoms with Gasteiger partial charge in [0.1, 0.15) is 5.69 Å². The van der Waals surface area contributed by atoms with Crippen molar-refractivity contribution in [3.63, 3.8) is 0 Å². The van der Waals surface area contributed by atoms with E-state index in [1.54, 1.807) is 25.1 Å². The molecule has 2 heterocycles. The third kappa shape index (κ3) is 2.98. The Labute approximate surface area is 135 Å². The van der Waals surface area contributed by atoms with Gasteiger partial charge in [-0.15, -0.1) is 0 Å². The van der Waals surface area contributed by atoms with Gasteiger partial charge in [-0.2, -0.15) is 10.1 Å². The average Bonchev–Trinajstić information content (AvgIpc) is 2.83. The number of hydrogen-bond acceptors (Lipinski definition) is 8. The van der Waals surface area contributed by atoms with Gasteiger partial charge < -0.3 is 5.32 Å². The molecular weight excluding hydrogens is 342 g/mol. The molecule has 3 rings (SSSR count). The summed E-state index contributed by atoms with van der Waals surface area (Å²) >= 11 is 6.28. The molecule has 2 aromatic heterocycles. The summed E-state index contributed by atoms with van der Waals surface area (Å²) < 4.78 is 24.2. The van der Waals surface area contributed by atoms with Crippen LogP contribution < -0.4 is 5.32 Å². The summed E-state index contributed by atoms with van der Waals surface area (Å²) in [4.78, 5) is 8.83. The lowest BCUT2D eigenvalue weighted by Gasteiger charge is -2.02. The first-order valence-electron chi connectivity index (χ1n) is 6.14. The molecule has 3 aromatic rings. The second-order valence-corrected chi connectivity index (χ2v) is 8.05. The van der Waals surface area contributed by atoms with E-state index < -0.39 is 9.84 Å². The number of fused-ring (bicyclic) bond motifs is 1. The van der Waals surface area contributed by atoms with Crippen molar-refractivity contribution in [2.75, 3.05) is 11.6 Å². The second-order valence-electron chi connectivity index (χ2n) is 4.62. The summed E-state index contributed by atoms with van der Waals surface area (Å²) in [5, 5.41) is 10.3. The molecule has 0 radical (unpaired) electrons. The minimum absolute atomic E-state index is 0.272. The van der Waals surface area contributed by atoms with E-state index in [9.17, 15) is 8.42 Å². The van der Waals surface area contributed by atoms with Crippen molar-refractivity contribution < 1.29 is 8.42 Å². The fourth-order valence-electron chi connectivity index (χ4n) is 1.80. The van der Waals surface area contributed by atoms with E-state index in [4.69, 9.17) is 12.2 Å². The monoisotopic (exact) mass is 353 g/mol. The molecule has 0 bridgehead atoms. The molecule has 22 heavy (non-hydrogen) atoms. The van der Waals surface area contributed by atoms with Gasteiger partial charge in [0.25, 0.3) is 0 Å². The Morgan fingerprint density at radius 3 is 2.82 bits per heavy atom. The molecule has 10 heteroatoms. The normalized spacial score (nSPS) is 11.7. The highest BCUT2D eigenvalue weighted by Gasteiger charge is 2.12. The van der Waals surface area contributed by atoms with Crippen molar-refractivity contribution >= 4 is 54.6 Å². The predicted octanol–water partition coefficient (Wildman–Crippen LogP) is 2.60. The molecule has 0 amide bonds. The van der Waals surface area contributed by atoms with Gasteiger partial charge in [-0.3, -0.25) is 5.10 Å². The standard InChI is InChI=1S/C12H11N5O2S3/c1-6-10(14-11(20)17-16-6)15-12-13-8-4-3-7(22(2,18)19)5-9(8)21-12/h3-5H,1-2H3,(H2,13,14,15,17,20). The molecule has 0 saturated heterocycles. The summed E-state index contributed by atoms with van der Waals surface area (Å²) in [6.07, 6.45) is 1.18. The van der Waals surface area contributed by atoms with Crippen LogP contribution in [0.5, 0.6) is 0 Å². The number of aromatic nitrogens is 4. The van der Waals surface area contributed by atoms with Crippen LogP contribution in [0.3, 0.4) is 0 Å². The van der Waals surface area contributed by atoms with Gasteiger partial charge >= 0.3 is 0 Å². The van der Waals surface area contributed by atoms with E-state index in [-0.39, 0.29) is 9.67 Å². The zero-order chi connectivity index (χ0) is 15.9. The number of nitrogens with one attached hydrogen (secondary N) is 2. The van der Waals surface area contributed by atoms with Crippen LogP contribution in [0.2, 0.25) is 0 Å². The molecule has 0 aliphatic carbocycles. The highest BCUT2D eigenvalue weighted by Crippen LogP contribution is 2.30. The van der Waals surface area contributed by atoms with Crippen molar-refractivity contribution in [1.82, 2.24) is 20.2 Å². The molecular formula is C12H11N5O2S3. The van der Waals surface area contributed by atoms with Crippen molar-refractivity contribution in [2.24, 2.45) is 0 Å². The molecule has 114 valence electrons. The van der Waals surface area contributed by atoms with Gasteiger partial charge in [-0.25, -0.2) is 13.4 Å². The Kier molecular flexibility index (Phi) is 3.67. The molecule has 7 nitrogen and oxygen atoms in total. The van der Waals surface area contributed by atoms with E-state index in [1.807, 2.05) is 0 Å². The number of sulfone groups is 1. The first-order chi connectivity index (χ1) is 10.3. The molecule has 0 atom stereocenters. The van der Waals surface area contributed by atoms with E-state index in [2.05, 4.69) is 25.5 Å². The SMILES string of the molecule is Cc1n[nH]c(=S)nc1Nc1nc2ccc(S(C)(=O)=O)cc2s1. The quantitative estimate of drug-likeness (QED) is 0.698. The number of H-pyrrole nitrogens is 1. The van der Waals surface area contributed by atoms with Crippen molar-refractivity contribution in [2.45, 2.75) is 11.8 Å². The third-order valence-corrected chi connectivity index (χ3v) is 5.12. The fourth-order valence-corrected chi connectivity index (χ4v) is 3.56. The molecule has 0 unspecified atom stereocenters. The van der Waals surface area contributed by atoms with E-state index in [0.717, 1.165) is 4.70 Å². The molecule has 0 fully saturated rings. The Morgan fingerprint density at radius 2 is 2.09 bits per heavy atom. The van der Waals surface area contributed by atoms with Crippen LogP contribution in [0.1, 0.15) is 5.69 Å². The maximum atomic E-state index is 11.6. The number of thiazole rings is 1. The number of benzene rings is 1. The fraction of sp³-hybridized carbons (Fsp3) is 0.167. The number of aromatic amines is 1. The largest absolute Gasteiger partial charge is 0.315 e. The van der Waals surface area contributed by atoms with E-state index in [1.165, 1.54) is 17.6 Å². The van der Waals surface area contributed by atoms with Crippen LogP contribution in [-0.2, 0) is 9.84 Å². The summed E-state index contributed by atoms with van der Waals surface area (Å²) in [6, 6.07) is 4.84. The summed E-state index contributed by atoms with van der Waals surface area (Å²) in [6.45, 7) is 1.79. The van der Waals surface area contributed by atoms with Crippen LogP contribution >= 0.6 is 23.6 Å². The van der Waals surface area contributed by atoms with Crippen molar-refractivity contribution in [3.8, 4) is 0 Å². The van der Waals surface area contributed by atoms with E-state index >= 15 is 0 Å². The lowest BCUT2D eigenvalue weighted by molar-refractivity contribution is 0.602. The van der Waals surface area contributed by atoms with Crippen LogP contribution in [0.15, 0.2) is 23.1 Å². The first kappa shape index (κ1) is 15.0. The van der Waals surface area contributed by atoms with Gasteiger partial charge in [0.2, 0.25) is 4.77 Å². The van der Waals surface area contributed by atoms with Crippen molar-refractivity contribution in [1.29, 1.82) is 0 Å². The highest BCUT2D eigenvalue weighted by atomic mass is 32.2. The zero-order valence-corrected chi connectivity index (χ0v) is 14.1. The van der Waals surface area contributed by atoms with Gasteiger partial charge in [0.15, 0.2) is 20.8 Å². The second kappa shape index (κ2) is 5.38. The average molecular weight is 353 g/mol. The van der Waals surface area contributed by atoms with Crippen LogP contribution in [-0.4, -0.2) is 34.8 Å². The van der Waals surface area contributed by atoms with E-state index in [0.29, 0.717) is 22.2 Å². The van der Waals surface area contributed by atoms with Gasteiger partial charge in [-0.05, 0) is 37.3 Å². The van der Waals surface area contributed by atoms with Gasteiger partial charge in [-0.1, -0.05) is 11.3 Å². The van der Waals surface area contributed by atoms with Crippen molar-refractivity contribution in [3.05, 3.63) is 28.7 Å². The molecule has 1 aromatic carbocycles. The van der Waals surface area contributed by atoms with Gasteiger partial charge in [0.05, 0.1) is 15.1 Å². The summed E-state index contributed by atoms with van der Waals surface area (Å²) in [5.41, 5.74) is 1.37. The Hall–Kier alpha value is -1.91. The Balaban J connectivity index is 2.02. The lowest BCUT2D eigenvalue weighted by atomic mass is 10.3. The molecule has 2 N–H and O–H groups in total. The van der Waals surface area contributed by atoms with Crippen LogP contribution in [0, 0.1) is 11.7 Å². The Morgan fingerprint density at radius 1 is 1.32 bits per heavy atom. The number of aryl methyl sites for hydroxylation is 1. The third-order valence-electron chi connectivity index (χ3n) is 2.89. The zero-order valence-electron chi connectivity index (χ0n) is 11.6. The number of rotatable bonds is 3. The molecule has 0 spiro atoms. The maximum absolute atomic E-state index is 11.6. The molecule has 0 saturated carbocycles. The summed E-state index contributed by atoms with van der Waals surface area (Å²) in [5.74, 6) is 0.520. The molecule has 0 aliphatic heterocycles. The maximum Gasteiger partial charge on any atom is 0.215 e. The smallest absolute Gasteiger partial charge is 0.215 e. The number of hydrogen-bond donors (Lipinski definition) is 2. The summed E-state index contributed by atoms with van der Waals surface area (Å²) in [7, 11) is -3.24. The number of nitrogens with zero attached hydrogens (tertiary/aromatic N) is 3. The topological polar surface area (TPSA) is 101 Å². The van der Waals surface area contributed by atoms with Crippen LogP contribution in [0.4, 0.5) is 10.9 Å². The van der Waals surface area contributed by atoms with Gasteiger partial charge in [0, 0.05) is 6.26 Å². The lowest BCUT2D eigenvalue weighted by Crippen LogP contribution is -2.00. The number of anilines is 2. The minimum atomic E-state index is -3.24. The first-order valence-corrected chi connectivity index (χ1v) is 9.25. The minimum Gasteiger partial charge on any atom is -0.315 e.